The van der Waals surface area contributed by atoms with Crippen LogP contribution in [0.25, 0.3) is 0 Å². The van der Waals surface area contributed by atoms with Crippen LogP contribution < -0.4 is 9.47 Å². The van der Waals surface area contributed by atoms with E-state index in [9.17, 15) is 4.79 Å². The molecule has 30 heavy (non-hydrogen) atoms. The normalized spacial score (nSPS) is 12.5. The second-order valence-corrected chi connectivity index (χ2v) is 7.96. The molecule has 0 saturated heterocycles. The van der Waals surface area contributed by atoms with E-state index in [0.717, 1.165) is 47.0 Å². The number of ketones is 1. The fourth-order valence-corrected chi connectivity index (χ4v) is 4.05. The molecule has 3 aromatic rings. The number of fused-ring (bicyclic) bond motifs is 1. The third-order valence-electron chi connectivity index (χ3n) is 5.64. The number of carbonyl (C=O) groups is 1. The molecule has 0 fully saturated rings. The van der Waals surface area contributed by atoms with Crippen LogP contribution in [0.3, 0.4) is 0 Å². The average Bonchev–Trinajstić information content (AvgIpc) is 3.31. The summed E-state index contributed by atoms with van der Waals surface area (Å²) in [5.41, 5.74) is 5.40. The molecule has 0 N–H and O–H groups in total. The Morgan fingerprint density at radius 1 is 1.00 bits per heavy atom. The zero-order valence-corrected chi connectivity index (χ0v) is 17.9. The van der Waals surface area contributed by atoms with Gasteiger partial charge in [-0.1, -0.05) is 36.4 Å². The van der Waals surface area contributed by atoms with Gasteiger partial charge in [-0.2, -0.15) is 0 Å². The van der Waals surface area contributed by atoms with Crippen LogP contribution in [0.4, 0.5) is 0 Å². The highest BCUT2D eigenvalue weighted by molar-refractivity contribution is 5.99. The van der Waals surface area contributed by atoms with E-state index in [1.54, 1.807) is 0 Å². The van der Waals surface area contributed by atoms with Crippen molar-refractivity contribution in [1.82, 2.24) is 9.47 Å². The number of hydrogen-bond acceptors (Lipinski definition) is 4. The number of aromatic nitrogens is 1. The van der Waals surface area contributed by atoms with Crippen molar-refractivity contribution in [3.05, 3.63) is 82.7 Å². The Bertz CT molecular complexity index is 1040. The maximum Gasteiger partial charge on any atom is 0.231 e. The van der Waals surface area contributed by atoms with Gasteiger partial charge in [-0.05, 0) is 56.6 Å². The van der Waals surface area contributed by atoms with Crippen LogP contribution in [-0.2, 0) is 19.5 Å². The van der Waals surface area contributed by atoms with Gasteiger partial charge < -0.3 is 14.0 Å². The number of benzene rings is 2. The third kappa shape index (κ3) is 4.41. The molecular weight excluding hydrogens is 376 g/mol. The van der Waals surface area contributed by atoms with Gasteiger partial charge in [-0.3, -0.25) is 9.69 Å². The maximum absolute atomic E-state index is 13.0. The second-order valence-electron chi connectivity index (χ2n) is 7.96. The number of Topliss-reactive ketones (excluding diaryl/α,β-unsaturated/α-hetero) is 1. The number of ether oxygens (including phenoxy) is 2. The third-order valence-corrected chi connectivity index (χ3v) is 5.64. The van der Waals surface area contributed by atoms with E-state index in [2.05, 4.69) is 35.8 Å². The fourth-order valence-electron chi connectivity index (χ4n) is 4.05. The topological polar surface area (TPSA) is 43.7 Å². The summed E-state index contributed by atoms with van der Waals surface area (Å²) < 4.78 is 13.1. The van der Waals surface area contributed by atoms with Crippen LogP contribution in [0.5, 0.6) is 11.5 Å². The Hall–Kier alpha value is -3.05. The van der Waals surface area contributed by atoms with Crippen LogP contribution >= 0.6 is 0 Å². The number of carbonyl (C=O) groups excluding carboxylic acids is 1. The number of hydrogen-bond donors (Lipinski definition) is 0. The predicted octanol–water partition coefficient (Wildman–Crippen LogP) is 4.39. The number of aryl methyl sites for hydroxylation is 2. The van der Waals surface area contributed by atoms with Gasteiger partial charge in [0.15, 0.2) is 17.3 Å². The molecule has 0 amide bonds. The molecule has 0 spiro atoms. The Morgan fingerprint density at radius 2 is 1.77 bits per heavy atom. The lowest BCUT2D eigenvalue weighted by molar-refractivity contribution is 0.0942. The van der Waals surface area contributed by atoms with Gasteiger partial charge in [0.2, 0.25) is 6.79 Å². The van der Waals surface area contributed by atoms with Crippen molar-refractivity contribution >= 4 is 5.78 Å². The van der Waals surface area contributed by atoms with E-state index < -0.39 is 0 Å². The molecule has 0 unspecified atom stereocenters. The van der Waals surface area contributed by atoms with Gasteiger partial charge in [0.1, 0.15) is 0 Å². The van der Waals surface area contributed by atoms with E-state index in [4.69, 9.17) is 9.47 Å². The van der Waals surface area contributed by atoms with Crippen molar-refractivity contribution in [2.45, 2.75) is 33.4 Å². The lowest BCUT2D eigenvalue weighted by Gasteiger charge is -2.16. The van der Waals surface area contributed by atoms with Gasteiger partial charge in [-0.25, -0.2) is 0 Å². The minimum atomic E-state index is 0.150. The molecular formula is C25H28N2O3. The molecule has 5 heteroatoms. The molecule has 2 heterocycles. The van der Waals surface area contributed by atoms with E-state index >= 15 is 0 Å². The first-order chi connectivity index (χ1) is 14.5. The van der Waals surface area contributed by atoms with Crippen molar-refractivity contribution in [3.63, 3.8) is 0 Å². The standard InChI is InChI=1S/C25H28N2O3/c1-18-13-22(19(2)27(18)12-11-20-7-5-4-6-8-20)23(28)16-26(3)15-21-9-10-24-25(14-21)30-17-29-24/h4-10,13-14H,11-12,15-17H2,1-3H3. The van der Waals surface area contributed by atoms with E-state index in [0.29, 0.717) is 13.1 Å². The van der Waals surface area contributed by atoms with Crippen molar-refractivity contribution < 1.29 is 14.3 Å². The minimum absolute atomic E-state index is 0.150. The van der Waals surface area contributed by atoms with Gasteiger partial charge >= 0.3 is 0 Å². The molecule has 0 saturated carbocycles. The lowest BCUT2D eigenvalue weighted by Crippen LogP contribution is -2.26. The van der Waals surface area contributed by atoms with Crippen molar-refractivity contribution in [1.29, 1.82) is 0 Å². The zero-order valence-electron chi connectivity index (χ0n) is 17.9. The number of nitrogens with zero attached hydrogens (tertiary/aromatic N) is 2. The number of likely N-dealkylation sites (N-methyl/N-ethyl adjacent to an activating group) is 1. The first-order valence-corrected chi connectivity index (χ1v) is 10.3. The first-order valence-electron chi connectivity index (χ1n) is 10.3. The van der Waals surface area contributed by atoms with E-state index in [-0.39, 0.29) is 12.6 Å². The van der Waals surface area contributed by atoms with Gasteiger partial charge in [0.05, 0.1) is 6.54 Å². The second kappa shape index (κ2) is 8.76. The first kappa shape index (κ1) is 20.2. The molecule has 0 radical (unpaired) electrons. The molecule has 4 rings (SSSR count). The predicted molar refractivity (Wildman–Crippen MR) is 117 cm³/mol. The lowest BCUT2D eigenvalue weighted by atomic mass is 10.1. The summed E-state index contributed by atoms with van der Waals surface area (Å²) in [5.74, 6) is 1.70. The monoisotopic (exact) mass is 404 g/mol. The zero-order chi connectivity index (χ0) is 21.1. The van der Waals surface area contributed by atoms with Crippen LogP contribution in [0, 0.1) is 13.8 Å². The molecule has 1 aromatic heterocycles. The van der Waals surface area contributed by atoms with Crippen LogP contribution in [0.2, 0.25) is 0 Å². The summed E-state index contributed by atoms with van der Waals surface area (Å²) in [6.07, 6.45) is 0.953. The molecule has 0 aliphatic carbocycles. The molecule has 1 aliphatic rings. The highest BCUT2D eigenvalue weighted by Crippen LogP contribution is 2.32. The summed E-state index contributed by atoms with van der Waals surface area (Å²) in [6, 6.07) is 18.4. The summed E-state index contributed by atoms with van der Waals surface area (Å²) in [4.78, 5) is 15.0. The Labute approximate surface area is 177 Å². The molecule has 5 nitrogen and oxygen atoms in total. The van der Waals surface area contributed by atoms with Gasteiger partial charge in [-0.15, -0.1) is 0 Å². The summed E-state index contributed by atoms with van der Waals surface area (Å²) in [7, 11) is 1.97. The highest BCUT2D eigenvalue weighted by atomic mass is 16.7. The van der Waals surface area contributed by atoms with Gasteiger partial charge in [0.25, 0.3) is 0 Å². The summed E-state index contributed by atoms with van der Waals surface area (Å²) in [6.45, 7) is 6.32. The molecule has 2 aromatic carbocycles. The van der Waals surface area contributed by atoms with Crippen LogP contribution in [0.15, 0.2) is 54.6 Å². The van der Waals surface area contributed by atoms with Crippen LogP contribution in [0.1, 0.15) is 32.9 Å². The summed E-state index contributed by atoms with van der Waals surface area (Å²) in [5, 5.41) is 0. The van der Waals surface area contributed by atoms with Crippen molar-refractivity contribution in [2.75, 3.05) is 20.4 Å². The van der Waals surface area contributed by atoms with E-state index in [1.807, 2.05) is 49.2 Å². The van der Waals surface area contributed by atoms with E-state index in [1.165, 1.54) is 5.56 Å². The smallest absolute Gasteiger partial charge is 0.231 e. The molecule has 1 aliphatic heterocycles. The number of rotatable bonds is 8. The maximum atomic E-state index is 13.0. The Balaban J connectivity index is 1.39. The fraction of sp³-hybridized carbons (Fsp3) is 0.320. The molecule has 0 bridgehead atoms. The highest BCUT2D eigenvalue weighted by Gasteiger charge is 2.18. The van der Waals surface area contributed by atoms with Gasteiger partial charge in [0, 0.05) is 30.0 Å². The van der Waals surface area contributed by atoms with Crippen LogP contribution in [-0.4, -0.2) is 35.6 Å². The minimum Gasteiger partial charge on any atom is -0.454 e. The average molecular weight is 405 g/mol. The summed E-state index contributed by atoms with van der Waals surface area (Å²) >= 11 is 0. The Morgan fingerprint density at radius 3 is 2.57 bits per heavy atom. The molecule has 156 valence electrons. The SMILES string of the molecule is Cc1cc(C(=O)CN(C)Cc2ccc3c(c2)OCO3)c(C)n1CCc1ccccc1. The van der Waals surface area contributed by atoms with Crippen molar-refractivity contribution in [3.8, 4) is 11.5 Å². The quantitative estimate of drug-likeness (QED) is 0.522. The molecule has 0 atom stereocenters. The van der Waals surface area contributed by atoms with Crippen molar-refractivity contribution in [2.24, 2.45) is 0 Å². The largest absolute Gasteiger partial charge is 0.454 e. The Kier molecular flexibility index (Phi) is 5.91.